The van der Waals surface area contributed by atoms with Crippen molar-refractivity contribution in [2.75, 3.05) is 0 Å². The third kappa shape index (κ3) is 4.17. The van der Waals surface area contributed by atoms with Gasteiger partial charge in [-0.25, -0.2) is 0 Å². The lowest BCUT2D eigenvalue weighted by Crippen LogP contribution is -2.36. The summed E-state index contributed by atoms with van der Waals surface area (Å²) in [6.07, 6.45) is 6.26. The van der Waals surface area contributed by atoms with Crippen LogP contribution >= 0.6 is 0 Å². The molecular formula is C14H22N2. The lowest BCUT2D eigenvalue weighted by molar-refractivity contribution is 0.477. The number of nitrogens with one attached hydrogen (secondary N) is 1. The Bertz CT molecular complexity index is 320. The van der Waals surface area contributed by atoms with Gasteiger partial charge in [0.15, 0.2) is 0 Å². The Morgan fingerprint density at radius 1 is 1.44 bits per heavy atom. The zero-order chi connectivity index (χ0) is 11.8. The maximum absolute atomic E-state index is 5.58. The first-order chi connectivity index (χ1) is 7.77. The number of hydrazine groups is 1. The van der Waals surface area contributed by atoms with Crippen LogP contribution in [0.5, 0.6) is 0 Å². The molecule has 0 aliphatic carbocycles. The van der Waals surface area contributed by atoms with Crippen molar-refractivity contribution in [3.63, 3.8) is 0 Å². The van der Waals surface area contributed by atoms with Crippen LogP contribution in [0.15, 0.2) is 36.9 Å². The van der Waals surface area contributed by atoms with Crippen LogP contribution in [0.2, 0.25) is 0 Å². The number of nitrogens with two attached hydrogens (primary N) is 1. The molecule has 0 amide bonds. The van der Waals surface area contributed by atoms with Gasteiger partial charge in [-0.15, -0.1) is 6.58 Å². The van der Waals surface area contributed by atoms with Gasteiger partial charge in [-0.3, -0.25) is 11.3 Å². The summed E-state index contributed by atoms with van der Waals surface area (Å²) in [5.74, 6) is 5.58. The fourth-order valence-electron chi connectivity index (χ4n) is 1.86. The Morgan fingerprint density at radius 2 is 2.19 bits per heavy atom. The van der Waals surface area contributed by atoms with E-state index in [0.29, 0.717) is 6.04 Å². The average molecular weight is 218 g/mol. The predicted octanol–water partition coefficient (Wildman–Crippen LogP) is 2.73. The molecule has 1 unspecified atom stereocenters. The summed E-state index contributed by atoms with van der Waals surface area (Å²) in [7, 11) is 0. The maximum atomic E-state index is 5.58. The molecule has 0 aliphatic heterocycles. The molecule has 0 aromatic heterocycles. The van der Waals surface area contributed by atoms with Gasteiger partial charge in [0.05, 0.1) is 0 Å². The van der Waals surface area contributed by atoms with Crippen LogP contribution in [0, 0.1) is 6.92 Å². The normalized spacial score (nSPS) is 12.4. The summed E-state index contributed by atoms with van der Waals surface area (Å²) in [4.78, 5) is 0. The van der Waals surface area contributed by atoms with Crippen molar-refractivity contribution in [2.45, 2.75) is 38.6 Å². The average Bonchev–Trinajstić information content (AvgIpc) is 2.30. The van der Waals surface area contributed by atoms with Gasteiger partial charge >= 0.3 is 0 Å². The highest BCUT2D eigenvalue weighted by Crippen LogP contribution is 2.12. The summed E-state index contributed by atoms with van der Waals surface area (Å²) in [5, 5.41) is 0. The van der Waals surface area contributed by atoms with E-state index in [1.165, 1.54) is 11.1 Å². The monoisotopic (exact) mass is 218 g/mol. The third-order valence-corrected chi connectivity index (χ3v) is 2.92. The van der Waals surface area contributed by atoms with Crippen molar-refractivity contribution in [1.29, 1.82) is 0 Å². The number of rotatable bonds is 7. The van der Waals surface area contributed by atoms with E-state index in [1.807, 2.05) is 6.08 Å². The number of allylic oxidation sites excluding steroid dienone is 1. The molecule has 0 radical (unpaired) electrons. The highest BCUT2D eigenvalue weighted by molar-refractivity contribution is 5.26. The number of hydrogen-bond acceptors (Lipinski definition) is 2. The summed E-state index contributed by atoms with van der Waals surface area (Å²) in [5.41, 5.74) is 5.62. The summed E-state index contributed by atoms with van der Waals surface area (Å²) < 4.78 is 0. The number of hydrogen-bond donors (Lipinski definition) is 2. The van der Waals surface area contributed by atoms with Gasteiger partial charge < -0.3 is 0 Å². The van der Waals surface area contributed by atoms with Gasteiger partial charge in [-0.1, -0.05) is 30.3 Å². The SMILES string of the molecule is C=CCCCC(Cc1ccccc1C)NN. The minimum atomic E-state index is 0.362. The Kier molecular flexibility index (Phi) is 5.83. The van der Waals surface area contributed by atoms with E-state index in [0.717, 1.165) is 25.7 Å². The van der Waals surface area contributed by atoms with Crippen molar-refractivity contribution in [3.8, 4) is 0 Å². The van der Waals surface area contributed by atoms with E-state index in [1.54, 1.807) is 0 Å². The second kappa shape index (κ2) is 7.20. The largest absolute Gasteiger partial charge is 0.271 e. The molecule has 2 nitrogen and oxygen atoms in total. The molecule has 1 rings (SSSR count). The lowest BCUT2D eigenvalue weighted by Gasteiger charge is -2.16. The van der Waals surface area contributed by atoms with Crippen molar-refractivity contribution >= 4 is 0 Å². The maximum Gasteiger partial charge on any atom is 0.0251 e. The molecule has 2 heteroatoms. The fraction of sp³-hybridized carbons (Fsp3) is 0.429. The zero-order valence-corrected chi connectivity index (χ0v) is 10.1. The minimum Gasteiger partial charge on any atom is -0.271 e. The highest BCUT2D eigenvalue weighted by atomic mass is 15.2. The molecule has 0 aliphatic rings. The van der Waals surface area contributed by atoms with Gasteiger partial charge in [-0.05, 0) is 43.7 Å². The first-order valence-electron chi connectivity index (χ1n) is 5.89. The van der Waals surface area contributed by atoms with E-state index in [-0.39, 0.29) is 0 Å². The van der Waals surface area contributed by atoms with Crippen LogP contribution in [0.1, 0.15) is 30.4 Å². The molecule has 16 heavy (non-hydrogen) atoms. The van der Waals surface area contributed by atoms with Gasteiger partial charge in [0.1, 0.15) is 0 Å². The first kappa shape index (κ1) is 12.9. The Morgan fingerprint density at radius 3 is 2.81 bits per heavy atom. The standard InChI is InChI=1S/C14H22N2/c1-3-4-5-10-14(16-15)11-13-9-7-6-8-12(13)2/h3,6-9,14,16H,1,4-5,10-11,15H2,2H3. The van der Waals surface area contributed by atoms with Gasteiger partial charge in [0.2, 0.25) is 0 Å². The molecule has 0 heterocycles. The predicted molar refractivity (Wildman–Crippen MR) is 70.0 cm³/mol. The van der Waals surface area contributed by atoms with Crippen LogP contribution in [0.3, 0.4) is 0 Å². The summed E-state index contributed by atoms with van der Waals surface area (Å²) >= 11 is 0. The molecular weight excluding hydrogens is 196 g/mol. The Labute approximate surface area is 98.5 Å². The molecule has 1 aromatic rings. The molecule has 0 fully saturated rings. The lowest BCUT2D eigenvalue weighted by atomic mass is 9.98. The third-order valence-electron chi connectivity index (χ3n) is 2.92. The van der Waals surface area contributed by atoms with Gasteiger partial charge in [0, 0.05) is 6.04 Å². The molecule has 1 atom stereocenters. The van der Waals surface area contributed by atoms with Crippen molar-refractivity contribution in [1.82, 2.24) is 5.43 Å². The molecule has 3 N–H and O–H groups in total. The van der Waals surface area contributed by atoms with Crippen molar-refractivity contribution in [2.24, 2.45) is 5.84 Å². The molecule has 0 saturated carbocycles. The van der Waals surface area contributed by atoms with Crippen LogP contribution in [-0.2, 0) is 6.42 Å². The van der Waals surface area contributed by atoms with Crippen LogP contribution in [-0.4, -0.2) is 6.04 Å². The van der Waals surface area contributed by atoms with E-state index >= 15 is 0 Å². The van der Waals surface area contributed by atoms with Crippen molar-refractivity contribution < 1.29 is 0 Å². The second-order valence-corrected chi connectivity index (χ2v) is 4.21. The van der Waals surface area contributed by atoms with Crippen molar-refractivity contribution in [3.05, 3.63) is 48.0 Å². The molecule has 0 bridgehead atoms. The van der Waals surface area contributed by atoms with Crippen LogP contribution in [0.4, 0.5) is 0 Å². The Balaban J connectivity index is 2.49. The molecule has 1 aromatic carbocycles. The van der Waals surface area contributed by atoms with E-state index in [4.69, 9.17) is 5.84 Å². The van der Waals surface area contributed by atoms with Crippen LogP contribution in [0.25, 0.3) is 0 Å². The number of aryl methyl sites for hydroxylation is 1. The summed E-state index contributed by atoms with van der Waals surface area (Å²) in [6, 6.07) is 8.84. The number of benzene rings is 1. The fourth-order valence-corrected chi connectivity index (χ4v) is 1.86. The topological polar surface area (TPSA) is 38.0 Å². The highest BCUT2D eigenvalue weighted by Gasteiger charge is 2.08. The van der Waals surface area contributed by atoms with Gasteiger partial charge in [0.25, 0.3) is 0 Å². The van der Waals surface area contributed by atoms with Crippen LogP contribution < -0.4 is 11.3 Å². The minimum absolute atomic E-state index is 0.362. The zero-order valence-electron chi connectivity index (χ0n) is 10.1. The second-order valence-electron chi connectivity index (χ2n) is 4.21. The molecule has 0 spiro atoms. The van der Waals surface area contributed by atoms with E-state index in [2.05, 4.69) is 43.2 Å². The number of unbranched alkanes of at least 4 members (excludes halogenated alkanes) is 1. The van der Waals surface area contributed by atoms with Gasteiger partial charge in [-0.2, -0.15) is 0 Å². The smallest absolute Gasteiger partial charge is 0.0251 e. The molecule has 0 saturated heterocycles. The Hall–Kier alpha value is -1.12. The molecule has 88 valence electrons. The van der Waals surface area contributed by atoms with E-state index < -0.39 is 0 Å². The quantitative estimate of drug-likeness (QED) is 0.319. The van der Waals surface area contributed by atoms with E-state index in [9.17, 15) is 0 Å². The summed E-state index contributed by atoms with van der Waals surface area (Å²) in [6.45, 7) is 5.88. The first-order valence-corrected chi connectivity index (χ1v) is 5.89.